The number of amides is 5. The van der Waals surface area contributed by atoms with E-state index < -0.39 is 104 Å². The SMILES string of the molecule is CC.CCNCC(=O)NCC(=O)NCC(=O)NC(CC(=O)O)C(=O)NC(CC(=O)O)C(=O)NC(CC(=O)O)C(C)=O. The first kappa shape index (κ1) is 38.5. The summed E-state index contributed by atoms with van der Waals surface area (Å²) in [5, 5.41) is 40.2. The molecule has 0 fully saturated rings. The fraction of sp³-hybridized carbons (Fsp3) is 0.609. The number of carbonyl (C=O) groups excluding carboxylic acids is 6. The summed E-state index contributed by atoms with van der Waals surface area (Å²) in [5.74, 6) is -10.1. The first-order valence-electron chi connectivity index (χ1n) is 12.5. The Morgan fingerprint density at radius 3 is 1.34 bits per heavy atom. The zero-order valence-corrected chi connectivity index (χ0v) is 23.2. The van der Waals surface area contributed by atoms with Crippen molar-refractivity contribution in [1.29, 1.82) is 0 Å². The van der Waals surface area contributed by atoms with Crippen LogP contribution in [0, 0.1) is 0 Å². The number of hydrogen-bond acceptors (Lipinski definition) is 10. The molecule has 0 aliphatic heterocycles. The quantitative estimate of drug-likeness (QED) is 0.0701. The van der Waals surface area contributed by atoms with Gasteiger partial charge >= 0.3 is 17.9 Å². The Kier molecular flexibility index (Phi) is 20.0. The lowest BCUT2D eigenvalue weighted by Crippen LogP contribution is -2.57. The second kappa shape index (κ2) is 21.2. The molecule has 3 atom stereocenters. The second-order valence-electron chi connectivity index (χ2n) is 7.98. The molecule has 5 amide bonds. The number of carboxylic acid groups (broad SMARTS) is 3. The van der Waals surface area contributed by atoms with E-state index in [4.69, 9.17) is 15.3 Å². The molecule has 18 nitrogen and oxygen atoms in total. The number of carboxylic acids is 3. The van der Waals surface area contributed by atoms with E-state index in [1.165, 1.54) is 0 Å². The van der Waals surface area contributed by atoms with Gasteiger partial charge in [-0.2, -0.15) is 0 Å². The predicted molar refractivity (Wildman–Crippen MR) is 139 cm³/mol. The van der Waals surface area contributed by atoms with Gasteiger partial charge in [0.05, 0.1) is 44.9 Å². The van der Waals surface area contributed by atoms with Gasteiger partial charge in [0.1, 0.15) is 12.1 Å². The number of hydrogen-bond donors (Lipinski definition) is 9. The maximum absolute atomic E-state index is 12.6. The van der Waals surface area contributed by atoms with Crippen LogP contribution in [-0.4, -0.2) is 113 Å². The second-order valence-corrected chi connectivity index (χ2v) is 7.98. The van der Waals surface area contributed by atoms with Crippen LogP contribution in [0.25, 0.3) is 0 Å². The third-order valence-electron chi connectivity index (χ3n) is 4.66. The lowest BCUT2D eigenvalue weighted by Gasteiger charge is -2.23. The van der Waals surface area contributed by atoms with Crippen LogP contribution < -0.4 is 31.9 Å². The number of nitrogens with one attached hydrogen (secondary N) is 6. The summed E-state index contributed by atoms with van der Waals surface area (Å²) >= 11 is 0. The van der Waals surface area contributed by atoms with Gasteiger partial charge in [-0.25, -0.2) is 0 Å². The maximum atomic E-state index is 12.6. The van der Waals surface area contributed by atoms with Gasteiger partial charge in [0.25, 0.3) is 0 Å². The number of carbonyl (C=O) groups is 9. The molecule has 0 heterocycles. The Hall–Kier alpha value is -4.61. The van der Waals surface area contributed by atoms with Crippen molar-refractivity contribution < 1.29 is 58.5 Å². The van der Waals surface area contributed by atoms with Crippen LogP contribution in [0.4, 0.5) is 0 Å². The smallest absolute Gasteiger partial charge is 0.305 e. The monoisotopic (exact) mass is 590 g/mol. The summed E-state index contributed by atoms with van der Waals surface area (Å²) in [4.78, 5) is 105. The normalized spacial score (nSPS) is 12.1. The van der Waals surface area contributed by atoms with Crippen molar-refractivity contribution in [3.8, 4) is 0 Å². The van der Waals surface area contributed by atoms with Gasteiger partial charge < -0.3 is 47.2 Å². The van der Waals surface area contributed by atoms with Crippen molar-refractivity contribution in [2.24, 2.45) is 0 Å². The van der Waals surface area contributed by atoms with E-state index in [0.717, 1.165) is 6.92 Å². The number of likely N-dealkylation sites (N-methyl/N-ethyl adjacent to an activating group) is 1. The predicted octanol–water partition coefficient (Wildman–Crippen LogP) is -3.68. The summed E-state index contributed by atoms with van der Waals surface area (Å²) in [6.07, 6.45) is -2.85. The highest BCUT2D eigenvalue weighted by Crippen LogP contribution is 2.02. The third kappa shape index (κ3) is 19.2. The summed E-state index contributed by atoms with van der Waals surface area (Å²) < 4.78 is 0. The zero-order chi connectivity index (χ0) is 32.1. The van der Waals surface area contributed by atoms with E-state index in [1.807, 2.05) is 29.8 Å². The first-order chi connectivity index (χ1) is 19.2. The minimum atomic E-state index is -1.87. The number of ketones is 1. The van der Waals surface area contributed by atoms with Crippen molar-refractivity contribution in [3.05, 3.63) is 0 Å². The molecule has 0 rings (SSSR count). The third-order valence-corrected chi connectivity index (χ3v) is 4.66. The Balaban J connectivity index is 0. The Bertz CT molecular complexity index is 971. The number of rotatable bonds is 19. The van der Waals surface area contributed by atoms with Crippen molar-refractivity contribution in [2.45, 2.75) is 65.1 Å². The standard InChI is InChI=1S/C21H32N6O12.C2H6/c1-3-22-7-14(29)23-8-15(30)24-9-16(31)25-12(5-18(34)35)20(38)27-13(6-19(36)37)21(39)26-11(10(2)28)4-17(32)33;1-2/h11-13,22H,3-9H2,1-2H3,(H,23,29)(H,24,30)(H,25,31)(H,26,39)(H,27,38)(H,32,33)(H,34,35)(H,36,37);1-2H3. The Morgan fingerprint density at radius 2 is 0.927 bits per heavy atom. The summed E-state index contributed by atoms with van der Waals surface area (Å²) in [7, 11) is 0. The van der Waals surface area contributed by atoms with Crippen molar-refractivity contribution >= 4 is 53.2 Å². The van der Waals surface area contributed by atoms with E-state index in [9.17, 15) is 43.2 Å². The fourth-order valence-electron chi connectivity index (χ4n) is 2.75. The van der Waals surface area contributed by atoms with Gasteiger partial charge in [0, 0.05) is 0 Å². The molecule has 0 saturated carbocycles. The van der Waals surface area contributed by atoms with E-state index in [0.29, 0.717) is 6.54 Å². The van der Waals surface area contributed by atoms with E-state index in [1.54, 1.807) is 6.92 Å². The summed E-state index contributed by atoms with van der Waals surface area (Å²) in [5.41, 5.74) is 0. The highest BCUT2D eigenvalue weighted by atomic mass is 16.4. The molecule has 18 heteroatoms. The molecule has 0 aromatic rings. The molecular weight excluding hydrogens is 552 g/mol. The minimum absolute atomic E-state index is 0.0356. The van der Waals surface area contributed by atoms with Crippen LogP contribution >= 0.6 is 0 Å². The largest absolute Gasteiger partial charge is 0.481 e. The Labute approximate surface area is 235 Å². The molecule has 0 aromatic heterocycles. The molecule has 0 spiro atoms. The molecule has 3 unspecified atom stereocenters. The van der Waals surface area contributed by atoms with Crippen molar-refractivity contribution in [3.63, 3.8) is 0 Å². The molecular formula is C23H38N6O12. The van der Waals surface area contributed by atoms with Gasteiger partial charge in [0.15, 0.2) is 5.78 Å². The topological polar surface area (TPSA) is 286 Å². The summed E-state index contributed by atoms with van der Waals surface area (Å²) in [6, 6.07) is -5.23. The van der Waals surface area contributed by atoms with Crippen LogP contribution in [0.5, 0.6) is 0 Å². The Morgan fingerprint density at radius 1 is 0.561 bits per heavy atom. The average Bonchev–Trinajstić information content (AvgIpc) is 2.88. The van der Waals surface area contributed by atoms with Crippen LogP contribution in [-0.2, 0) is 43.2 Å². The minimum Gasteiger partial charge on any atom is -0.481 e. The first-order valence-corrected chi connectivity index (χ1v) is 12.5. The molecule has 0 radical (unpaired) electrons. The fourth-order valence-corrected chi connectivity index (χ4v) is 2.75. The van der Waals surface area contributed by atoms with E-state index in [2.05, 4.69) is 16.0 Å². The van der Waals surface area contributed by atoms with Gasteiger partial charge in [-0.1, -0.05) is 20.8 Å². The number of aliphatic carboxylic acids is 3. The van der Waals surface area contributed by atoms with Crippen LogP contribution in [0.1, 0.15) is 47.0 Å². The van der Waals surface area contributed by atoms with Gasteiger partial charge in [-0.05, 0) is 13.5 Å². The molecule has 41 heavy (non-hydrogen) atoms. The molecule has 0 aliphatic rings. The highest BCUT2D eigenvalue weighted by molar-refractivity contribution is 5.98. The zero-order valence-electron chi connectivity index (χ0n) is 23.2. The molecule has 0 saturated heterocycles. The molecule has 9 N–H and O–H groups in total. The lowest BCUT2D eigenvalue weighted by atomic mass is 10.1. The average molecular weight is 591 g/mol. The van der Waals surface area contributed by atoms with Crippen LogP contribution in [0.15, 0.2) is 0 Å². The van der Waals surface area contributed by atoms with E-state index in [-0.39, 0.29) is 6.54 Å². The van der Waals surface area contributed by atoms with Crippen molar-refractivity contribution in [2.75, 3.05) is 26.2 Å². The van der Waals surface area contributed by atoms with Crippen LogP contribution in [0.3, 0.4) is 0 Å². The maximum Gasteiger partial charge on any atom is 0.305 e. The van der Waals surface area contributed by atoms with Gasteiger partial charge in [-0.15, -0.1) is 0 Å². The summed E-state index contributed by atoms with van der Waals surface area (Å²) in [6.45, 7) is 6.05. The molecule has 0 aliphatic carbocycles. The molecule has 0 bridgehead atoms. The van der Waals surface area contributed by atoms with Crippen molar-refractivity contribution in [1.82, 2.24) is 31.9 Å². The highest BCUT2D eigenvalue weighted by Gasteiger charge is 2.32. The van der Waals surface area contributed by atoms with Gasteiger partial charge in [0.2, 0.25) is 29.5 Å². The van der Waals surface area contributed by atoms with Gasteiger partial charge in [-0.3, -0.25) is 43.2 Å². The van der Waals surface area contributed by atoms with Crippen LogP contribution in [0.2, 0.25) is 0 Å². The van der Waals surface area contributed by atoms with E-state index >= 15 is 0 Å². The number of Topliss-reactive ketones (excluding diaryl/α,β-unsaturated/α-hetero) is 1. The molecule has 0 aromatic carbocycles. The lowest BCUT2D eigenvalue weighted by molar-refractivity contribution is -0.144. The molecule has 232 valence electrons.